The van der Waals surface area contributed by atoms with E-state index >= 15 is 0 Å². The number of nitrogens with one attached hydrogen (secondary N) is 1. The monoisotopic (exact) mass is 343 g/mol. The molecule has 0 aromatic heterocycles. The van der Waals surface area contributed by atoms with Crippen LogP contribution in [-0.4, -0.2) is 7.05 Å². The third-order valence-electron chi connectivity index (χ3n) is 3.12. The molecule has 0 heterocycles. The molecule has 0 radical (unpaired) electrons. The Morgan fingerprint density at radius 2 is 1.70 bits per heavy atom. The highest BCUT2D eigenvalue weighted by Crippen LogP contribution is 2.27. The molecule has 2 aromatic rings. The molecule has 1 unspecified atom stereocenters. The van der Waals surface area contributed by atoms with E-state index in [-0.39, 0.29) is 11.9 Å². The predicted molar refractivity (Wildman–Crippen MR) is 76.0 cm³/mol. The van der Waals surface area contributed by atoms with E-state index in [2.05, 4.69) is 21.2 Å². The minimum absolute atomic E-state index is 0.278. The lowest BCUT2D eigenvalue weighted by atomic mass is 9.98. The van der Waals surface area contributed by atoms with Crippen LogP contribution in [0.4, 0.5) is 13.2 Å². The van der Waals surface area contributed by atoms with E-state index in [0.29, 0.717) is 17.5 Å². The van der Waals surface area contributed by atoms with E-state index in [1.165, 1.54) is 24.3 Å². The average Bonchev–Trinajstić information content (AvgIpc) is 2.41. The number of rotatable bonds is 4. The Hall–Kier alpha value is -1.33. The lowest BCUT2D eigenvalue weighted by Gasteiger charge is -2.19. The van der Waals surface area contributed by atoms with Crippen LogP contribution < -0.4 is 5.32 Å². The summed E-state index contributed by atoms with van der Waals surface area (Å²) in [6.45, 7) is 0. The van der Waals surface area contributed by atoms with Gasteiger partial charge in [0.15, 0.2) is 0 Å². The minimum Gasteiger partial charge on any atom is -0.313 e. The standard InChI is InChI=1S/C15H13BrF3N/c1-20-15(12-7-10(17)4-5-13(12)16)6-9-2-3-11(18)8-14(9)19/h2-5,7-8,15,20H,6H2,1H3. The molecule has 0 saturated carbocycles. The molecule has 106 valence electrons. The Kier molecular flexibility index (Phi) is 4.83. The fourth-order valence-electron chi connectivity index (χ4n) is 2.06. The third kappa shape index (κ3) is 3.41. The quantitative estimate of drug-likeness (QED) is 0.869. The van der Waals surface area contributed by atoms with Gasteiger partial charge in [-0.3, -0.25) is 0 Å². The van der Waals surface area contributed by atoms with Crippen molar-refractivity contribution in [1.82, 2.24) is 5.32 Å². The Morgan fingerprint density at radius 1 is 1.05 bits per heavy atom. The molecule has 0 saturated heterocycles. The molecule has 1 atom stereocenters. The highest BCUT2D eigenvalue weighted by molar-refractivity contribution is 9.10. The third-order valence-corrected chi connectivity index (χ3v) is 3.84. The lowest BCUT2D eigenvalue weighted by Crippen LogP contribution is -2.20. The molecule has 0 aliphatic rings. The van der Waals surface area contributed by atoms with Gasteiger partial charge in [-0.1, -0.05) is 22.0 Å². The molecule has 1 nitrogen and oxygen atoms in total. The first-order valence-electron chi connectivity index (χ1n) is 6.07. The summed E-state index contributed by atoms with van der Waals surface area (Å²) < 4.78 is 40.7. The second-order valence-electron chi connectivity index (χ2n) is 4.45. The van der Waals surface area contributed by atoms with Crippen LogP contribution in [0.1, 0.15) is 17.2 Å². The van der Waals surface area contributed by atoms with Crippen LogP contribution in [0.15, 0.2) is 40.9 Å². The van der Waals surface area contributed by atoms with Crippen molar-refractivity contribution in [2.24, 2.45) is 0 Å². The van der Waals surface area contributed by atoms with Crippen molar-refractivity contribution in [3.8, 4) is 0 Å². The van der Waals surface area contributed by atoms with Crippen molar-refractivity contribution < 1.29 is 13.2 Å². The molecule has 0 aliphatic carbocycles. The van der Waals surface area contributed by atoms with Crippen molar-refractivity contribution in [1.29, 1.82) is 0 Å². The SMILES string of the molecule is CNC(Cc1ccc(F)cc1F)c1cc(F)ccc1Br. The Balaban J connectivity index is 2.31. The second kappa shape index (κ2) is 6.41. The summed E-state index contributed by atoms with van der Waals surface area (Å²) in [7, 11) is 1.71. The van der Waals surface area contributed by atoms with Crippen LogP contribution in [0.3, 0.4) is 0 Å². The smallest absolute Gasteiger partial charge is 0.129 e. The summed E-state index contributed by atoms with van der Waals surface area (Å²) >= 11 is 3.35. The molecular weight excluding hydrogens is 331 g/mol. The minimum atomic E-state index is -0.612. The number of hydrogen-bond acceptors (Lipinski definition) is 1. The van der Waals surface area contributed by atoms with Gasteiger partial charge in [0.2, 0.25) is 0 Å². The van der Waals surface area contributed by atoms with Crippen molar-refractivity contribution in [2.45, 2.75) is 12.5 Å². The van der Waals surface area contributed by atoms with Crippen LogP contribution in [0.2, 0.25) is 0 Å². The highest BCUT2D eigenvalue weighted by Gasteiger charge is 2.16. The molecule has 5 heteroatoms. The maximum atomic E-state index is 13.7. The Labute approximate surface area is 123 Å². The molecule has 0 fully saturated rings. The number of hydrogen-bond donors (Lipinski definition) is 1. The summed E-state index contributed by atoms with van der Waals surface area (Å²) in [5, 5.41) is 3.02. The maximum absolute atomic E-state index is 13.7. The summed E-state index contributed by atoms with van der Waals surface area (Å²) in [4.78, 5) is 0. The van der Waals surface area contributed by atoms with Gasteiger partial charge in [0, 0.05) is 16.6 Å². The molecule has 0 amide bonds. The van der Waals surface area contributed by atoms with Crippen LogP contribution in [0, 0.1) is 17.5 Å². The van der Waals surface area contributed by atoms with Gasteiger partial charge in [-0.05, 0) is 48.9 Å². The summed E-state index contributed by atoms with van der Waals surface area (Å²) in [5.41, 5.74) is 1.07. The zero-order chi connectivity index (χ0) is 14.7. The van der Waals surface area contributed by atoms with E-state index in [9.17, 15) is 13.2 Å². The van der Waals surface area contributed by atoms with Gasteiger partial charge in [0.05, 0.1) is 0 Å². The number of halogens is 4. The molecular formula is C15H13BrF3N. The van der Waals surface area contributed by atoms with Crippen LogP contribution in [-0.2, 0) is 6.42 Å². The van der Waals surface area contributed by atoms with Gasteiger partial charge in [0.1, 0.15) is 17.5 Å². The zero-order valence-corrected chi connectivity index (χ0v) is 12.3. The topological polar surface area (TPSA) is 12.0 Å². The van der Waals surface area contributed by atoms with Gasteiger partial charge >= 0.3 is 0 Å². The fourth-order valence-corrected chi connectivity index (χ4v) is 2.58. The number of benzene rings is 2. The molecule has 2 rings (SSSR count). The Morgan fingerprint density at radius 3 is 2.35 bits per heavy atom. The van der Waals surface area contributed by atoms with Crippen LogP contribution in [0.25, 0.3) is 0 Å². The van der Waals surface area contributed by atoms with Crippen LogP contribution in [0.5, 0.6) is 0 Å². The highest BCUT2D eigenvalue weighted by atomic mass is 79.9. The molecule has 20 heavy (non-hydrogen) atoms. The maximum Gasteiger partial charge on any atom is 0.129 e. The van der Waals surface area contributed by atoms with E-state index in [0.717, 1.165) is 10.5 Å². The summed E-state index contributed by atoms with van der Waals surface area (Å²) in [5.74, 6) is -1.57. The molecule has 0 bridgehead atoms. The normalized spacial score (nSPS) is 12.4. The second-order valence-corrected chi connectivity index (χ2v) is 5.30. The first-order chi connectivity index (χ1) is 9.51. The Bertz CT molecular complexity index is 616. The summed E-state index contributed by atoms with van der Waals surface area (Å²) in [6.07, 6.45) is 0.296. The van der Waals surface area contributed by atoms with E-state index in [1.54, 1.807) is 13.1 Å². The molecule has 2 aromatic carbocycles. The van der Waals surface area contributed by atoms with Gasteiger partial charge in [-0.15, -0.1) is 0 Å². The van der Waals surface area contributed by atoms with Gasteiger partial charge in [-0.2, -0.15) is 0 Å². The summed E-state index contributed by atoms with van der Waals surface area (Å²) in [6, 6.07) is 7.54. The molecule has 1 N–H and O–H groups in total. The molecule has 0 aliphatic heterocycles. The largest absolute Gasteiger partial charge is 0.313 e. The van der Waals surface area contributed by atoms with Gasteiger partial charge in [0.25, 0.3) is 0 Å². The first-order valence-corrected chi connectivity index (χ1v) is 6.86. The van der Waals surface area contributed by atoms with Crippen molar-refractivity contribution in [3.05, 3.63) is 69.4 Å². The van der Waals surface area contributed by atoms with E-state index in [4.69, 9.17) is 0 Å². The van der Waals surface area contributed by atoms with Gasteiger partial charge < -0.3 is 5.32 Å². The predicted octanol–water partition coefficient (Wildman–Crippen LogP) is 4.37. The van der Waals surface area contributed by atoms with E-state index < -0.39 is 11.6 Å². The van der Waals surface area contributed by atoms with E-state index in [1.807, 2.05) is 0 Å². The van der Waals surface area contributed by atoms with Crippen molar-refractivity contribution >= 4 is 15.9 Å². The fraction of sp³-hybridized carbons (Fsp3) is 0.200. The molecule has 0 spiro atoms. The van der Waals surface area contributed by atoms with Crippen molar-refractivity contribution in [3.63, 3.8) is 0 Å². The van der Waals surface area contributed by atoms with Crippen molar-refractivity contribution in [2.75, 3.05) is 7.05 Å². The van der Waals surface area contributed by atoms with Gasteiger partial charge in [-0.25, -0.2) is 13.2 Å². The lowest BCUT2D eigenvalue weighted by molar-refractivity contribution is 0.536. The number of likely N-dealkylation sites (N-methyl/N-ethyl adjacent to an activating group) is 1. The first kappa shape index (κ1) is 15.1. The van der Waals surface area contributed by atoms with Crippen LogP contribution >= 0.6 is 15.9 Å². The zero-order valence-electron chi connectivity index (χ0n) is 10.8. The average molecular weight is 344 g/mol.